The van der Waals surface area contributed by atoms with Gasteiger partial charge in [0.1, 0.15) is 17.1 Å². The summed E-state index contributed by atoms with van der Waals surface area (Å²) in [5.74, 6) is -1.75. The van der Waals surface area contributed by atoms with Crippen molar-refractivity contribution in [1.82, 2.24) is 30.4 Å². The van der Waals surface area contributed by atoms with Crippen molar-refractivity contribution in [3.8, 4) is 0 Å². The van der Waals surface area contributed by atoms with Crippen LogP contribution < -0.4 is 5.32 Å². The van der Waals surface area contributed by atoms with Crippen molar-refractivity contribution >= 4 is 70.9 Å². The number of aryl methyl sites for hydroxylation is 1. The van der Waals surface area contributed by atoms with E-state index in [9.17, 15) is 24.6 Å². The zero-order valence-electron chi connectivity index (χ0n) is 16.2. The fourth-order valence-corrected chi connectivity index (χ4v) is 5.64. The first-order valence-electron chi connectivity index (χ1n) is 9.17. The number of carboxylic acid groups (broad SMARTS) is 1. The Bertz CT molecular complexity index is 1070. The van der Waals surface area contributed by atoms with Crippen LogP contribution in [0.3, 0.4) is 0 Å². The number of thioether (sulfide) groups is 2. The molecule has 3 N–H and O–H groups in total. The van der Waals surface area contributed by atoms with Crippen LogP contribution in [0.1, 0.15) is 11.7 Å². The molecule has 3 heterocycles. The van der Waals surface area contributed by atoms with Crippen molar-refractivity contribution in [1.29, 1.82) is 0 Å². The molecule has 0 saturated carbocycles. The van der Waals surface area contributed by atoms with E-state index in [0.717, 1.165) is 0 Å². The number of nitrogens with zero attached hydrogens (tertiary/aromatic N) is 5. The number of hydrogen-bond donors (Lipinski definition) is 3. The van der Waals surface area contributed by atoms with E-state index < -0.39 is 35.3 Å². The number of aliphatic carboxylic acids is 1. The number of aliphatic hydroxyl groups excluding tert-OH is 1. The second-order valence-corrected chi connectivity index (χ2v) is 8.89. The minimum atomic E-state index is -1.42. The molecule has 2 aromatic rings. The number of nitrogens with one attached hydrogen (secondary N) is 1. The van der Waals surface area contributed by atoms with Crippen molar-refractivity contribution in [2.75, 3.05) is 11.5 Å². The molecule has 3 atom stereocenters. The van der Waals surface area contributed by atoms with E-state index in [1.807, 2.05) is 0 Å². The minimum absolute atomic E-state index is 0. The molecular weight excluding hydrogens is 467 g/mol. The predicted octanol–water partition coefficient (Wildman–Crippen LogP) is -0.874. The summed E-state index contributed by atoms with van der Waals surface area (Å²) >= 11 is 2.64. The number of aliphatic hydroxyl groups is 1. The van der Waals surface area contributed by atoms with Crippen molar-refractivity contribution < 1.29 is 24.6 Å². The van der Waals surface area contributed by atoms with E-state index in [2.05, 4.69) is 20.8 Å². The van der Waals surface area contributed by atoms with Gasteiger partial charge >= 0.3 is 35.5 Å². The molecule has 1 aromatic heterocycles. The molecule has 0 radical (unpaired) electrons. The van der Waals surface area contributed by atoms with Gasteiger partial charge in [-0.3, -0.25) is 14.5 Å². The third-order valence-electron chi connectivity index (χ3n) is 4.87. The number of carbonyl (C=O) groups is 3. The number of fused-ring (bicyclic) bond motifs is 1. The van der Waals surface area contributed by atoms with Crippen LogP contribution in [0.15, 0.2) is 46.8 Å². The molecule has 1 saturated heterocycles. The number of aromatic nitrogens is 4. The van der Waals surface area contributed by atoms with E-state index in [1.165, 1.54) is 33.1 Å². The van der Waals surface area contributed by atoms with Gasteiger partial charge in [0.05, 0.1) is 0 Å². The molecular formula is C18H19N6NaO5S2. The zero-order chi connectivity index (χ0) is 22.1. The first-order valence-corrected chi connectivity index (χ1v) is 11.2. The number of benzene rings is 1. The summed E-state index contributed by atoms with van der Waals surface area (Å²) < 4.78 is 1.48. The van der Waals surface area contributed by atoms with Crippen molar-refractivity contribution in [2.45, 2.75) is 22.7 Å². The normalized spacial score (nSPS) is 20.7. The third-order valence-corrected chi connectivity index (χ3v) is 7.30. The number of carboxylic acids is 1. The van der Waals surface area contributed by atoms with Gasteiger partial charge in [-0.15, -0.1) is 16.9 Å². The number of tetrazole rings is 1. The van der Waals surface area contributed by atoms with Gasteiger partial charge in [0.25, 0.3) is 11.8 Å². The fraction of sp³-hybridized carbons (Fsp3) is 0.333. The van der Waals surface area contributed by atoms with E-state index in [4.69, 9.17) is 0 Å². The second-order valence-electron chi connectivity index (χ2n) is 6.84. The van der Waals surface area contributed by atoms with Crippen LogP contribution in [-0.2, 0) is 21.4 Å². The number of carbonyl (C=O) groups excluding carboxylic acids is 2. The van der Waals surface area contributed by atoms with E-state index in [-0.39, 0.29) is 35.3 Å². The Morgan fingerprint density at radius 3 is 2.69 bits per heavy atom. The van der Waals surface area contributed by atoms with Crippen LogP contribution in [0.5, 0.6) is 0 Å². The van der Waals surface area contributed by atoms with Gasteiger partial charge in [0, 0.05) is 18.6 Å². The summed E-state index contributed by atoms with van der Waals surface area (Å²) in [6.07, 6.45) is -1.42. The number of β-lactam (4-membered cyclic amide) rings is 1. The molecule has 11 nitrogen and oxygen atoms in total. The van der Waals surface area contributed by atoms with E-state index >= 15 is 0 Å². The average Bonchev–Trinajstić information content (AvgIpc) is 3.19. The Balaban J connectivity index is 0.00000289. The van der Waals surface area contributed by atoms with Crippen molar-refractivity contribution in [3.63, 3.8) is 0 Å². The maximum atomic E-state index is 12.7. The van der Waals surface area contributed by atoms with Crippen molar-refractivity contribution in [2.24, 2.45) is 7.05 Å². The number of rotatable bonds is 7. The Labute approximate surface area is 213 Å². The standard InChI is InChI=1S/C18H18N6O5S2.Na.H/c1-23-18(20-21-22-23)31-8-10-7-30-16-11(15(27)24(16)12(10)17(28)29)19-14(26)13(25)9-5-3-2-4-6-9;;/h2-6,11,13,16,25H,7-8H2,1H3,(H,19,26)(H,28,29);;/t11-,13-,16-;;/m1../s1. The summed E-state index contributed by atoms with van der Waals surface area (Å²) in [5.41, 5.74) is 0.901. The predicted molar refractivity (Wildman–Crippen MR) is 118 cm³/mol. The molecule has 0 spiro atoms. The van der Waals surface area contributed by atoms with Gasteiger partial charge in [0.15, 0.2) is 6.10 Å². The van der Waals surface area contributed by atoms with E-state index in [0.29, 0.717) is 27.8 Å². The van der Waals surface area contributed by atoms with Crippen LogP contribution in [-0.4, -0.2) is 106 Å². The van der Waals surface area contributed by atoms with Gasteiger partial charge < -0.3 is 15.5 Å². The molecule has 0 bridgehead atoms. The monoisotopic (exact) mass is 486 g/mol. The Morgan fingerprint density at radius 2 is 2.06 bits per heavy atom. The topological polar surface area (TPSA) is 151 Å². The molecule has 164 valence electrons. The Kier molecular flexibility index (Phi) is 8.01. The summed E-state index contributed by atoms with van der Waals surface area (Å²) in [5, 5.41) is 33.6. The van der Waals surface area contributed by atoms with Crippen LogP contribution in [0.2, 0.25) is 0 Å². The van der Waals surface area contributed by atoms with Crippen LogP contribution in [0.25, 0.3) is 0 Å². The molecule has 1 aromatic carbocycles. The zero-order valence-corrected chi connectivity index (χ0v) is 17.8. The summed E-state index contributed by atoms with van der Waals surface area (Å²) in [6.45, 7) is 0. The first-order chi connectivity index (χ1) is 14.9. The molecule has 2 aliphatic rings. The molecule has 2 amide bonds. The quantitative estimate of drug-likeness (QED) is 0.256. The van der Waals surface area contributed by atoms with Gasteiger partial charge in [0.2, 0.25) is 5.16 Å². The number of hydrogen-bond acceptors (Lipinski definition) is 9. The van der Waals surface area contributed by atoms with Crippen LogP contribution in [0, 0.1) is 0 Å². The van der Waals surface area contributed by atoms with Crippen LogP contribution in [0.4, 0.5) is 0 Å². The maximum absolute atomic E-state index is 12.7. The Morgan fingerprint density at radius 1 is 1.34 bits per heavy atom. The summed E-state index contributed by atoms with van der Waals surface area (Å²) in [4.78, 5) is 38.2. The van der Waals surface area contributed by atoms with Gasteiger partial charge in [-0.25, -0.2) is 9.48 Å². The first kappa shape index (κ1) is 24.7. The molecule has 0 aliphatic carbocycles. The summed E-state index contributed by atoms with van der Waals surface area (Å²) in [6, 6.07) is 7.46. The van der Waals surface area contributed by atoms with Gasteiger partial charge in [-0.2, -0.15) is 0 Å². The molecule has 0 unspecified atom stereocenters. The Hall–Kier alpha value is -1.90. The van der Waals surface area contributed by atoms with Crippen molar-refractivity contribution in [3.05, 3.63) is 47.2 Å². The second kappa shape index (κ2) is 10.4. The molecule has 2 aliphatic heterocycles. The number of amides is 2. The molecule has 4 rings (SSSR count). The molecule has 1 fully saturated rings. The average molecular weight is 487 g/mol. The SMILES string of the molecule is Cn1nnnc1SCC1=C(C(=O)O)N2C(=O)[C@@H](NC(=O)[C@H](O)c3ccccc3)[C@H]2SC1.[NaH]. The third kappa shape index (κ3) is 4.72. The fourth-order valence-electron chi connectivity index (χ4n) is 3.31. The summed E-state index contributed by atoms with van der Waals surface area (Å²) in [7, 11) is 1.68. The van der Waals surface area contributed by atoms with Crippen LogP contribution >= 0.6 is 23.5 Å². The van der Waals surface area contributed by atoms with Gasteiger partial charge in [-0.1, -0.05) is 42.1 Å². The van der Waals surface area contributed by atoms with Gasteiger partial charge in [-0.05, 0) is 21.6 Å². The van der Waals surface area contributed by atoms with E-state index in [1.54, 1.807) is 37.4 Å². The molecule has 32 heavy (non-hydrogen) atoms. The molecule has 14 heteroatoms.